The topological polar surface area (TPSA) is 56.7 Å². The van der Waals surface area contributed by atoms with E-state index < -0.39 is 5.38 Å². The third-order valence-corrected chi connectivity index (χ3v) is 8.94. The summed E-state index contributed by atoms with van der Waals surface area (Å²) in [5.74, 6) is 0.347. The van der Waals surface area contributed by atoms with Crippen LogP contribution < -0.4 is 0 Å². The van der Waals surface area contributed by atoms with Gasteiger partial charge >= 0.3 is 0 Å². The van der Waals surface area contributed by atoms with Crippen LogP contribution in [0.4, 0.5) is 0 Å². The summed E-state index contributed by atoms with van der Waals surface area (Å²) in [6.45, 7) is 5.47. The van der Waals surface area contributed by atoms with Crippen molar-refractivity contribution in [2.24, 2.45) is 5.92 Å². The summed E-state index contributed by atoms with van der Waals surface area (Å²) in [4.78, 5) is 23.0. The minimum atomic E-state index is -0.552. The third kappa shape index (κ3) is 5.22. The number of allylic oxidation sites excluding steroid dienone is 7. The number of aliphatic hydroxyl groups excluding tert-OH is 1. The second-order valence-corrected chi connectivity index (χ2v) is 12.0. The van der Waals surface area contributed by atoms with Gasteiger partial charge in [0, 0.05) is 55.8 Å². The van der Waals surface area contributed by atoms with Gasteiger partial charge in [0.15, 0.2) is 5.78 Å². The molecule has 198 valence electrons. The fraction of sp³-hybridized carbons (Fsp3) is 0.419. The number of ketones is 1. The Balaban J connectivity index is 1.39. The van der Waals surface area contributed by atoms with Crippen molar-refractivity contribution in [1.29, 1.82) is 0 Å². The monoisotopic (exact) mass is 549 g/mol. The van der Waals surface area contributed by atoms with E-state index in [1.807, 2.05) is 12.1 Å². The van der Waals surface area contributed by atoms with E-state index in [0.717, 1.165) is 91.6 Å². The van der Waals surface area contributed by atoms with Gasteiger partial charge in [-0.25, -0.2) is 0 Å². The number of nitrogens with zero attached hydrogens (tertiary/aromatic N) is 3. The van der Waals surface area contributed by atoms with Crippen molar-refractivity contribution in [1.82, 2.24) is 14.8 Å². The molecule has 3 aliphatic carbocycles. The van der Waals surface area contributed by atoms with Crippen molar-refractivity contribution in [3.05, 3.63) is 75.7 Å². The lowest BCUT2D eigenvalue weighted by atomic mass is 9.85. The lowest BCUT2D eigenvalue weighted by Crippen LogP contribution is -2.45. The quantitative estimate of drug-likeness (QED) is 0.325. The summed E-state index contributed by atoms with van der Waals surface area (Å²) in [5.41, 5.74) is 7.22. The molecule has 1 saturated carbocycles. The van der Waals surface area contributed by atoms with Gasteiger partial charge in [-0.3, -0.25) is 14.7 Å². The zero-order valence-corrected chi connectivity index (χ0v) is 23.2. The van der Waals surface area contributed by atoms with Crippen LogP contribution in [0.15, 0.2) is 59.0 Å². The average molecular weight is 551 g/mol. The van der Waals surface area contributed by atoms with Crippen LogP contribution >= 0.6 is 23.2 Å². The maximum absolute atomic E-state index is 13.4. The molecule has 1 N–H and O–H groups in total. The molecular formula is C31H33Cl2N3O2. The number of rotatable bonds is 6. The number of Topliss-reactive ketones (excluding diaryl/α,β-unsaturated/α-hetero) is 1. The predicted molar refractivity (Wildman–Crippen MR) is 156 cm³/mol. The van der Waals surface area contributed by atoms with Crippen LogP contribution in [0.3, 0.4) is 0 Å². The Morgan fingerprint density at radius 2 is 1.89 bits per heavy atom. The van der Waals surface area contributed by atoms with Gasteiger partial charge in [-0.1, -0.05) is 35.4 Å². The number of aliphatic hydroxyl groups is 1. The molecule has 1 aromatic heterocycles. The van der Waals surface area contributed by atoms with Crippen LogP contribution in [0.1, 0.15) is 53.6 Å². The largest absolute Gasteiger partial charge is 0.509 e. The standard InChI is InChI=1S/C31H33Cl2N3O2/c1-35-10-12-36(13-11-35)18-19-2-4-20(5-3-19)29-24-14-22(23-15-26(32)31(38)27(33)16-23)8-9-28(24)34-17-25(29)30(37)21-6-7-21/h2,4,8-9,14-15,17,21,27,38H,3,5-7,10-13,16,18H2,1H3. The number of hydrogen-bond acceptors (Lipinski definition) is 5. The molecule has 38 heavy (non-hydrogen) atoms. The highest BCUT2D eigenvalue weighted by atomic mass is 35.5. The molecule has 2 fully saturated rings. The maximum Gasteiger partial charge on any atom is 0.168 e. The van der Waals surface area contributed by atoms with Gasteiger partial charge < -0.3 is 10.0 Å². The number of halogens is 2. The highest BCUT2D eigenvalue weighted by Gasteiger charge is 2.33. The molecule has 2 aromatic rings. The van der Waals surface area contributed by atoms with Gasteiger partial charge in [0.2, 0.25) is 0 Å². The van der Waals surface area contributed by atoms with Crippen LogP contribution in [-0.2, 0) is 0 Å². The number of aromatic nitrogens is 1. The fourth-order valence-corrected chi connectivity index (χ4v) is 6.33. The van der Waals surface area contributed by atoms with Crippen LogP contribution in [0.25, 0.3) is 22.0 Å². The zero-order chi connectivity index (χ0) is 26.4. The highest BCUT2D eigenvalue weighted by molar-refractivity contribution is 6.34. The van der Waals surface area contributed by atoms with Gasteiger partial charge in [-0.2, -0.15) is 0 Å². The first kappa shape index (κ1) is 25.8. The molecule has 1 aliphatic heterocycles. The second-order valence-electron chi connectivity index (χ2n) is 11.1. The molecule has 1 atom stereocenters. The number of likely N-dealkylation sites (N-methyl/N-ethyl adjacent to an activating group) is 1. The summed E-state index contributed by atoms with van der Waals surface area (Å²) in [6.07, 6.45) is 12.4. The molecule has 1 unspecified atom stereocenters. The maximum atomic E-state index is 13.4. The van der Waals surface area contributed by atoms with Crippen LogP contribution in [0, 0.1) is 5.92 Å². The molecular weight excluding hydrogens is 517 g/mol. The number of hydrogen-bond donors (Lipinski definition) is 1. The van der Waals surface area contributed by atoms with Gasteiger partial charge in [-0.05, 0) is 79.6 Å². The summed E-state index contributed by atoms with van der Waals surface area (Å²) < 4.78 is 0. The predicted octanol–water partition coefficient (Wildman–Crippen LogP) is 6.58. The Labute approximate surface area is 234 Å². The van der Waals surface area contributed by atoms with E-state index in [2.05, 4.69) is 35.1 Å². The molecule has 6 rings (SSSR count). The van der Waals surface area contributed by atoms with Crippen molar-refractivity contribution in [2.75, 3.05) is 39.8 Å². The zero-order valence-electron chi connectivity index (χ0n) is 21.7. The van der Waals surface area contributed by atoms with E-state index in [9.17, 15) is 9.90 Å². The average Bonchev–Trinajstić information content (AvgIpc) is 3.78. The first-order chi connectivity index (χ1) is 18.4. The molecule has 5 nitrogen and oxygen atoms in total. The summed E-state index contributed by atoms with van der Waals surface area (Å²) >= 11 is 12.6. The Hall–Kier alpha value is -2.44. The number of carbonyl (C=O) groups excluding carboxylic acids is 1. The van der Waals surface area contributed by atoms with E-state index in [1.165, 1.54) is 11.1 Å². The minimum absolute atomic E-state index is 0.0177. The number of piperazine rings is 1. The van der Waals surface area contributed by atoms with E-state index in [0.29, 0.717) is 6.42 Å². The first-order valence-corrected chi connectivity index (χ1v) is 14.4. The van der Waals surface area contributed by atoms with Crippen molar-refractivity contribution in [3.8, 4) is 0 Å². The Kier molecular flexibility index (Phi) is 7.21. The summed E-state index contributed by atoms with van der Waals surface area (Å²) in [5, 5.41) is 10.8. The van der Waals surface area contributed by atoms with Gasteiger partial charge in [0.1, 0.15) is 5.76 Å². The van der Waals surface area contributed by atoms with E-state index >= 15 is 0 Å². The van der Waals surface area contributed by atoms with Crippen molar-refractivity contribution in [2.45, 2.75) is 37.5 Å². The number of alkyl halides is 1. The minimum Gasteiger partial charge on any atom is -0.509 e. The molecule has 4 aliphatic rings. The van der Waals surface area contributed by atoms with Gasteiger partial charge in [0.25, 0.3) is 0 Å². The molecule has 1 saturated heterocycles. The lowest BCUT2D eigenvalue weighted by Gasteiger charge is -2.33. The summed E-state index contributed by atoms with van der Waals surface area (Å²) in [7, 11) is 2.19. The smallest absolute Gasteiger partial charge is 0.168 e. The Morgan fingerprint density at radius 1 is 1.11 bits per heavy atom. The number of pyridine rings is 1. The molecule has 1 aromatic carbocycles. The molecule has 2 heterocycles. The van der Waals surface area contributed by atoms with Crippen LogP contribution in [-0.4, -0.2) is 70.8 Å². The second kappa shape index (κ2) is 10.6. The summed E-state index contributed by atoms with van der Waals surface area (Å²) in [6, 6.07) is 6.15. The van der Waals surface area contributed by atoms with Crippen molar-refractivity contribution in [3.63, 3.8) is 0 Å². The SMILES string of the molecule is CN1CCN(CC2=CC=C(c3c(C(=O)C4CC4)cnc4ccc(C5=CC(Cl)=C(O)C(Cl)C5)cc34)CC2)CC1. The molecule has 0 radical (unpaired) electrons. The van der Waals surface area contributed by atoms with E-state index in [4.69, 9.17) is 28.2 Å². The van der Waals surface area contributed by atoms with Crippen LogP contribution in [0.5, 0.6) is 0 Å². The van der Waals surface area contributed by atoms with Crippen LogP contribution in [0.2, 0.25) is 0 Å². The normalized spacial score (nSPS) is 23.3. The van der Waals surface area contributed by atoms with E-state index in [-0.39, 0.29) is 22.5 Å². The Bertz CT molecular complexity index is 1410. The molecule has 0 bridgehead atoms. The number of carbonyl (C=O) groups is 1. The molecule has 0 amide bonds. The third-order valence-electron chi connectivity index (χ3n) is 8.27. The number of benzene rings is 1. The first-order valence-electron chi connectivity index (χ1n) is 13.6. The Morgan fingerprint density at radius 3 is 2.58 bits per heavy atom. The van der Waals surface area contributed by atoms with Crippen molar-refractivity contribution >= 4 is 51.0 Å². The van der Waals surface area contributed by atoms with Gasteiger partial charge in [-0.15, -0.1) is 11.6 Å². The lowest BCUT2D eigenvalue weighted by molar-refractivity contribution is 0.0967. The fourth-order valence-electron chi connectivity index (χ4n) is 5.73. The molecule has 0 spiro atoms. The van der Waals surface area contributed by atoms with Crippen molar-refractivity contribution < 1.29 is 9.90 Å². The number of fused-ring (bicyclic) bond motifs is 1. The molecule has 7 heteroatoms. The highest BCUT2D eigenvalue weighted by Crippen LogP contribution is 2.41. The van der Waals surface area contributed by atoms with Gasteiger partial charge in [0.05, 0.1) is 15.9 Å². The van der Waals surface area contributed by atoms with E-state index in [1.54, 1.807) is 12.3 Å².